The summed E-state index contributed by atoms with van der Waals surface area (Å²) < 4.78 is 37.8. The van der Waals surface area contributed by atoms with Gasteiger partial charge in [-0.3, -0.25) is 9.59 Å². The van der Waals surface area contributed by atoms with Gasteiger partial charge in [0, 0.05) is 20.1 Å². The van der Waals surface area contributed by atoms with Gasteiger partial charge in [-0.15, -0.1) is 0 Å². The molecule has 0 fully saturated rings. The second kappa shape index (κ2) is 10.3. The van der Waals surface area contributed by atoms with Gasteiger partial charge in [0.2, 0.25) is 21.8 Å². The Kier molecular flexibility index (Phi) is 8.08. The summed E-state index contributed by atoms with van der Waals surface area (Å²) in [5.41, 5.74) is 1.19. The molecule has 2 rings (SSSR count). The molecule has 2 aromatic rings. The van der Waals surface area contributed by atoms with E-state index in [-0.39, 0.29) is 12.5 Å². The van der Waals surface area contributed by atoms with E-state index in [0.717, 1.165) is 10.6 Å². The Morgan fingerprint density at radius 3 is 2.20 bits per heavy atom. The monoisotopic (exact) mass is 435 g/mol. The molecule has 1 atom stereocenters. The van der Waals surface area contributed by atoms with Gasteiger partial charge < -0.3 is 10.2 Å². The molecule has 0 heterocycles. The molecule has 0 saturated carbocycles. The Morgan fingerprint density at radius 2 is 1.67 bits per heavy atom. The van der Waals surface area contributed by atoms with Gasteiger partial charge >= 0.3 is 0 Å². The summed E-state index contributed by atoms with van der Waals surface area (Å²) in [4.78, 5) is 27.4. The number of carbonyl (C=O) groups is 2. The standard InChI is InChI=1S/C21H26FN3O4S/c1-4-23-21(27)20(17-8-6-5-7-9-17)25(14-16-10-12-18(22)13-11-16)19(26)15-24(2)30(3,28)29/h5-13,20H,4,14-15H2,1-3H3,(H,23,27)/t20-/m0/s1. The van der Waals surface area contributed by atoms with E-state index < -0.39 is 34.3 Å². The summed E-state index contributed by atoms with van der Waals surface area (Å²) in [6.07, 6.45) is 1.00. The van der Waals surface area contributed by atoms with Gasteiger partial charge in [-0.05, 0) is 30.2 Å². The smallest absolute Gasteiger partial charge is 0.247 e. The van der Waals surface area contributed by atoms with Gasteiger partial charge in [-0.2, -0.15) is 4.31 Å². The molecule has 9 heteroatoms. The van der Waals surface area contributed by atoms with Crippen molar-refractivity contribution in [2.75, 3.05) is 26.4 Å². The van der Waals surface area contributed by atoms with Crippen LogP contribution in [0.2, 0.25) is 0 Å². The number of hydrogen-bond acceptors (Lipinski definition) is 4. The predicted molar refractivity (Wildman–Crippen MR) is 112 cm³/mol. The first-order valence-corrected chi connectivity index (χ1v) is 11.3. The molecule has 0 unspecified atom stereocenters. The van der Waals surface area contributed by atoms with Crippen LogP contribution in [0.5, 0.6) is 0 Å². The molecule has 0 saturated heterocycles. The van der Waals surface area contributed by atoms with Crippen LogP contribution < -0.4 is 5.32 Å². The highest BCUT2D eigenvalue weighted by atomic mass is 32.2. The highest BCUT2D eigenvalue weighted by molar-refractivity contribution is 7.88. The molecule has 0 aliphatic rings. The van der Waals surface area contributed by atoms with Crippen LogP contribution in [-0.4, -0.2) is 55.8 Å². The van der Waals surface area contributed by atoms with E-state index in [1.165, 1.54) is 36.2 Å². The van der Waals surface area contributed by atoms with Crippen molar-refractivity contribution in [2.24, 2.45) is 0 Å². The maximum atomic E-state index is 13.3. The molecular formula is C21H26FN3O4S. The number of amides is 2. The molecule has 7 nitrogen and oxygen atoms in total. The van der Waals surface area contributed by atoms with Crippen LogP contribution in [-0.2, 0) is 26.2 Å². The highest BCUT2D eigenvalue weighted by Crippen LogP contribution is 2.24. The summed E-state index contributed by atoms with van der Waals surface area (Å²) in [6.45, 7) is 1.71. The Bertz CT molecular complexity index is 966. The Labute approximate surface area is 176 Å². The fraction of sp³-hybridized carbons (Fsp3) is 0.333. The van der Waals surface area contributed by atoms with E-state index in [4.69, 9.17) is 0 Å². The number of nitrogens with one attached hydrogen (secondary N) is 1. The number of halogens is 1. The summed E-state index contributed by atoms with van der Waals surface area (Å²) in [6, 6.07) is 13.4. The van der Waals surface area contributed by atoms with Gasteiger partial charge in [-0.25, -0.2) is 12.8 Å². The second-order valence-electron chi connectivity index (χ2n) is 6.87. The number of benzene rings is 2. The first-order chi connectivity index (χ1) is 14.1. The largest absolute Gasteiger partial charge is 0.354 e. The maximum absolute atomic E-state index is 13.3. The fourth-order valence-electron chi connectivity index (χ4n) is 2.89. The zero-order valence-corrected chi connectivity index (χ0v) is 18.0. The number of likely N-dealkylation sites (N-methyl/N-ethyl adjacent to an activating group) is 2. The minimum absolute atomic E-state index is 0.00735. The van der Waals surface area contributed by atoms with Gasteiger partial charge in [0.15, 0.2) is 0 Å². The third kappa shape index (κ3) is 6.36. The molecule has 162 valence electrons. The van der Waals surface area contributed by atoms with Gasteiger partial charge in [-0.1, -0.05) is 42.5 Å². The normalized spacial score (nSPS) is 12.4. The zero-order valence-electron chi connectivity index (χ0n) is 17.2. The topological polar surface area (TPSA) is 86.8 Å². The first kappa shape index (κ1) is 23.5. The van der Waals surface area contributed by atoms with E-state index in [2.05, 4.69) is 5.32 Å². The number of nitrogens with zero attached hydrogens (tertiary/aromatic N) is 2. The van der Waals surface area contributed by atoms with Gasteiger partial charge in [0.1, 0.15) is 11.9 Å². The number of sulfonamides is 1. The van der Waals surface area contributed by atoms with Crippen LogP contribution in [0.25, 0.3) is 0 Å². The number of rotatable bonds is 9. The SMILES string of the molecule is CCNC(=O)[C@H](c1ccccc1)N(Cc1ccc(F)cc1)C(=O)CN(C)S(C)(=O)=O. The summed E-state index contributed by atoms with van der Waals surface area (Å²) >= 11 is 0. The van der Waals surface area contributed by atoms with Crippen LogP contribution in [0.15, 0.2) is 54.6 Å². The van der Waals surface area contributed by atoms with E-state index in [1.807, 2.05) is 0 Å². The van der Waals surface area contributed by atoms with Gasteiger partial charge in [0.05, 0.1) is 12.8 Å². The number of hydrogen-bond donors (Lipinski definition) is 1. The van der Waals surface area contributed by atoms with Crippen molar-refractivity contribution in [3.8, 4) is 0 Å². The van der Waals surface area contributed by atoms with Crippen molar-refractivity contribution in [1.82, 2.24) is 14.5 Å². The van der Waals surface area contributed by atoms with E-state index in [1.54, 1.807) is 37.3 Å². The Hall–Kier alpha value is -2.78. The van der Waals surface area contributed by atoms with Crippen molar-refractivity contribution in [1.29, 1.82) is 0 Å². The van der Waals surface area contributed by atoms with Crippen LogP contribution in [0, 0.1) is 5.82 Å². The highest BCUT2D eigenvalue weighted by Gasteiger charge is 2.32. The third-order valence-electron chi connectivity index (χ3n) is 4.54. The van der Waals surface area contributed by atoms with Crippen LogP contribution >= 0.6 is 0 Å². The molecular weight excluding hydrogens is 409 g/mol. The van der Waals surface area contributed by atoms with Crippen molar-refractivity contribution in [3.63, 3.8) is 0 Å². The molecule has 30 heavy (non-hydrogen) atoms. The lowest BCUT2D eigenvalue weighted by molar-refractivity contribution is -0.141. The summed E-state index contributed by atoms with van der Waals surface area (Å²) in [5, 5.41) is 2.73. The lowest BCUT2D eigenvalue weighted by Gasteiger charge is -2.32. The van der Waals surface area contributed by atoms with Crippen LogP contribution in [0.3, 0.4) is 0 Å². The van der Waals surface area contributed by atoms with Crippen molar-refractivity contribution >= 4 is 21.8 Å². The molecule has 0 aliphatic carbocycles. The Morgan fingerprint density at radius 1 is 1.07 bits per heavy atom. The summed E-state index contributed by atoms with van der Waals surface area (Å²) in [7, 11) is -2.30. The molecule has 2 amide bonds. The lowest BCUT2D eigenvalue weighted by Crippen LogP contribution is -2.47. The van der Waals surface area contributed by atoms with E-state index >= 15 is 0 Å². The minimum Gasteiger partial charge on any atom is -0.354 e. The van der Waals surface area contributed by atoms with Crippen molar-refractivity contribution < 1.29 is 22.4 Å². The van der Waals surface area contributed by atoms with Gasteiger partial charge in [0.25, 0.3) is 0 Å². The first-order valence-electron chi connectivity index (χ1n) is 9.41. The zero-order chi connectivity index (χ0) is 22.3. The minimum atomic E-state index is -3.59. The molecule has 0 aromatic heterocycles. The predicted octanol–water partition coefficient (Wildman–Crippen LogP) is 1.92. The second-order valence-corrected chi connectivity index (χ2v) is 8.96. The lowest BCUT2D eigenvalue weighted by atomic mass is 10.0. The van der Waals surface area contributed by atoms with E-state index in [9.17, 15) is 22.4 Å². The van der Waals surface area contributed by atoms with Crippen LogP contribution in [0.1, 0.15) is 24.1 Å². The number of carbonyl (C=O) groups excluding carboxylic acids is 2. The van der Waals surface area contributed by atoms with E-state index in [0.29, 0.717) is 17.7 Å². The van der Waals surface area contributed by atoms with Crippen LogP contribution in [0.4, 0.5) is 4.39 Å². The quantitative estimate of drug-likeness (QED) is 0.652. The third-order valence-corrected chi connectivity index (χ3v) is 5.80. The molecule has 0 aliphatic heterocycles. The molecule has 0 radical (unpaired) electrons. The Balaban J connectivity index is 2.47. The van der Waals surface area contributed by atoms with Crippen molar-refractivity contribution in [3.05, 3.63) is 71.5 Å². The molecule has 0 spiro atoms. The molecule has 0 bridgehead atoms. The summed E-state index contributed by atoms with van der Waals surface area (Å²) in [5.74, 6) is -1.36. The average Bonchev–Trinajstić information content (AvgIpc) is 2.69. The average molecular weight is 436 g/mol. The van der Waals surface area contributed by atoms with Crippen molar-refractivity contribution in [2.45, 2.75) is 19.5 Å². The fourth-order valence-corrected chi connectivity index (χ4v) is 3.23. The molecule has 1 N–H and O–H groups in total. The molecule has 2 aromatic carbocycles. The maximum Gasteiger partial charge on any atom is 0.247 e.